The monoisotopic (exact) mass is 273 g/mol. The lowest BCUT2D eigenvalue weighted by Crippen LogP contribution is -2.14. The minimum absolute atomic E-state index is 0.618. The second kappa shape index (κ2) is 7.97. The van der Waals surface area contributed by atoms with Crippen molar-refractivity contribution in [1.29, 1.82) is 0 Å². The van der Waals surface area contributed by atoms with Crippen LogP contribution in [0.2, 0.25) is 10.0 Å². The van der Waals surface area contributed by atoms with Crippen LogP contribution in [0.3, 0.4) is 0 Å². The molecule has 0 atom stereocenters. The van der Waals surface area contributed by atoms with E-state index in [-0.39, 0.29) is 0 Å². The summed E-state index contributed by atoms with van der Waals surface area (Å²) in [7, 11) is 0. The number of unbranched alkanes of at least 4 members (excludes halogenated alkanes) is 1. The number of nitrogens with one attached hydrogen (secondary N) is 1. The summed E-state index contributed by atoms with van der Waals surface area (Å²) in [5, 5.41) is 4.67. The summed E-state index contributed by atoms with van der Waals surface area (Å²) in [4.78, 5) is 0. The van der Waals surface area contributed by atoms with Gasteiger partial charge in [-0.15, -0.1) is 0 Å². The van der Waals surface area contributed by atoms with E-state index >= 15 is 0 Å². The van der Waals surface area contributed by atoms with E-state index in [1.54, 1.807) is 0 Å². The third-order valence-electron chi connectivity index (χ3n) is 2.70. The Morgan fingerprint density at radius 1 is 1.12 bits per heavy atom. The molecule has 0 bridgehead atoms. The summed E-state index contributed by atoms with van der Waals surface area (Å²) >= 11 is 11.8. The van der Waals surface area contributed by atoms with Crippen molar-refractivity contribution in [3.63, 3.8) is 0 Å². The highest BCUT2D eigenvalue weighted by Gasteiger charge is 1.99. The Bertz CT molecular complexity index is 337. The minimum Gasteiger partial charge on any atom is -0.313 e. The molecule has 1 N–H and O–H groups in total. The summed E-state index contributed by atoms with van der Waals surface area (Å²) in [6.45, 7) is 6.46. The van der Waals surface area contributed by atoms with Gasteiger partial charge in [0.25, 0.3) is 0 Å². The van der Waals surface area contributed by atoms with Crippen molar-refractivity contribution in [2.45, 2.75) is 39.7 Å². The second-order valence-electron chi connectivity index (χ2n) is 4.81. The van der Waals surface area contributed by atoms with Crippen molar-refractivity contribution in [2.24, 2.45) is 5.92 Å². The third kappa shape index (κ3) is 6.30. The molecule has 0 aliphatic rings. The fraction of sp³-hybridized carbons (Fsp3) is 0.571. The summed E-state index contributed by atoms with van der Waals surface area (Å²) in [5.41, 5.74) is 1.18. The van der Waals surface area contributed by atoms with Gasteiger partial charge in [-0.05, 0) is 36.6 Å². The molecule has 0 aromatic heterocycles. The molecule has 0 saturated heterocycles. The molecule has 17 heavy (non-hydrogen) atoms. The van der Waals surface area contributed by atoms with E-state index in [1.807, 2.05) is 18.2 Å². The molecular weight excluding hydrogens is 253 g/mol. The van der Waals surface area contributed by atoms with E-state index in [4.69, 9.17) is 23.2 Å². The zero-order valence-corrected chi connectivity index (χ0v) is 12.1. The highest BCUT2D eigenvalue weighted by Crippen LogP contribution is 2.22. The molecule has 3 heteroatoms. The van der Waals surface area contributed by atoms with E-state index in [9.17, 15) is 0 Å². The third-order valence-corrected chi connectivity index (χ3v) is 3.44. The van der Waals surface area contributed by atoms with Crippen molar-refractivity contribution in [3.8, 4) is 0 Å². The van der Waals surface area contributed by atoms with Crippen LogP contribution in [0.1, 0.15) is 38.7 Å². The molecule has 1 aromatic carbocycles. The Morgan fingerprint density at radius 3 is 2.53 bits per heavy atom. The van der Waals surface area contributed by atoms with Crippen LogP contribution in [0.5, 0.6) is 0 Å². The van der Waals surface area contributed by atoms with Crippen LogP contribution in [0.25, 0.3) is 0 Å². The van der Waals surface area contributed by atoms with Crippen molar-refractivity contribution in [3.05, 3.63) is 33.8 Å². The minimum atomic E-state index is 0.618. The Labute approximate surface area is 115 Å². The van der Waals surface area contributed by atoms with E-state index in [1.165, 1.54) is 24.8 Å². The molecule has 0 spiro atoms. The summed E-state index contributed by atoms with van der Waals surface area (Å²) < 4.78 is 0. The first-order valence-electron chi connectivity index (χ1n) is 6.24. The molecule has 0 saturated carbocycles. The smallest absolute Gasteiger partial charge is 0.0595 e. The highest BCUT2D eigenvalue weighted by atomic mass is 35.5. The van der Waals surface area contributed by atoms with Crippen LogP contribution in [0, 0.1) is 5.92 Å². The van der Waals surface area contributed by atoms with Crippen LogP contribution in [-0.4, -0.2) is 6.54 Å². The fourth-order valence-corrected chi connectivity index (χ4v) is 2.01. The first kappa shape index (κ1) is 14.8. The summed E-state index contributed by atoms with van der Waals surface area (Å²) in [6.07, 6.45) is 3.85. The van der Waals surface area contributed by atoms with Gasteiger partial charge in [0.15, 0.2) is 0 Å². The van der Waals surface area contributed by atoms with Gasteiger partial charge in [-0.25, -0.2) is 0 Å². The maximum atomic E-state index is 5.95. The second-order valence-corrected chi connectivity index (χ2v) is 5.63. The van der Waals surface area contributed by atoms with Crippen LogP contribution in [0.4, 0.5) is 0 Å². The molecule has 96 valence electrons. The van der Waals surface area contributed by atoms with Gasteiger partial charge in [0.2, 0.25) is 0 Å². The van der Waals surface area contributed by atoms with Crippen LogP contribution >= 0.6 is 23.2 Å². The maximum Gasteiger partial charge on any atom is 0.0595 e. The molecule has 0 radical (unpaired) electrons. The highest BCUT2D eigenvalue weighted by molar-refractivity contribution is 6.42. The summed E-state index contributed by atoms with van der Waals surface area (Å²) in [6, 6.07) is 5.78. The molecule has 0 unspecified atom stereocenters. The number of hydrogen-bond acceptors (Lipinski definition) is 1. The van der Waals surface area contributed by atoms with Gasteiger partial charge in [0.05, 0.1) is 10.0 Å². The lowest BCUT2D eigenvalue weighted by molar-refractivity contribution is 0.520. The predicted molar refractivity (Wildman–Crippen MR) is 76.9 cm³/mol. The largest absolute Gasteiger partial charge is 0.313 e. The van der Waals surface area contributed by atoms with E-state index in [0.717, 1.165) is 19.0 Å². The van der Waals surface area contributed by atoms with E-state index < -0.39 is 0 Å². The average molecular weight is 274 g/mol. The van der Waals surface area contributed by atoms with Crippen LogP contribution in [-0.2, 0) is 6.54 Å². The molecule has 0 heterocycles. The van der Waals surface area contributed by atoms with Gasteiger partial charge < -0.3 is 5.32 Å². The Morgan fingerprint density at radius 2 is 1.88 bits per heavy atom. The molecule has 1 aromatic rings. The zero-order valence-electron chi connectivity index (χ0n) is 10.6. The number of hydrogen-bond donors (Lipinski definition) is 1. The normalized spacial score (nSPS) is 11.1. The van der Waals surface area contributed by atoms with E-state index in [2.05, 4.69) is 19.2 Å². The van der Waals surface area contributed by atoms with Crippen molar-refractivity contribution >= 4 is 23.2 Å². The van der Waals surface area contributed by atoms with Gasteiger partial charge in [-0.3, -0.25) is 0 Å². The van der Waals surface area contributed by atoms with Gasteiger partial charge in [0.1, 0.15) is 0 Å². The van der Waals surface area contributed by atoms with Crippen LogP contribution < -0.4 is 5.32 Å². The van der Waals surface area contributed by atoms with Gasteiger partial charge in [-0.2, -0.15) is 0 Å². The van der Waals surface area contributed by atoms with Gasteiger partial charge in [-0.1, -0.05) is 56.0 Å². The molecule has 0 aliphatic heterocycles. The number of rotatable bonds is 7. The van der Waals surface area contributed by atoms with Crippen molar-refractivity contribution in [1.82, 2.24) is 5.32 Å². The van der Waals surface area contributed by atoms with Crippen molar-refractivity contribution in [2.75, 3.05) is 6.54 Å². The average Bonchev–Trinajstić information content (AvgIpc) is 2.27. The first-order chi connectivity index (χ1) is 8.09. The molecule has 0 aliphatic carbocycles. The molecule has 0 fully saturated rings. The number of benzene rings is 1. The zero-order chi connectivity index (χ0) is 12.7. The lowest BCUT2D eigenvalue weighted by atomic mass is 10.1. The Hall–Kier alpha value is -0.240. The Kier molecular flexibility index (Phi) is 6.94. The molecule has 1 nitrogen and oxygen atoms in total. The quantitative estimate of drug-likeness (QED) is 0.697. The lowest BCUT2D eigenvalue weighted by Gasteiger charge is -2.07. The SMILES string of the molecule is CC(C)CCCCNCc1ccc(Cl)c(Cl)c1. The Balaban J connectivity index is 2.16. The standard InChI is InChI=1S/C14H21Cl2N/c1-11(2)5-3-4-8-17-10-12-6-7-13(15)14(16)9-12/h6-7,9,11,17H,3-5,8,10H2,1-2H3. The summed E-state index contributed by atoms with van der Waals surface area (Å²) in [5.74, 6) is 0.810. The van der Waals surface area contributed by atoms with Gasteiger partial charge in [0, 0.05) is 6.54 Å². The van der Waals surface area contributed by atoms with Crippen molar-refractivity contribution < 1.29 is 0 Å². The molecular formula is C14H21Cl2N. The molecule has 1 rings (SSSR count). The predicted octanol–water partition coefficient (Wildman–Crippen LogP) is 4.91. The van der Waals surface area contributed by atoms with Crippen LogP contribution in [0.15, 0.2) is 18.2 Å². The number of halogens is 2. The maximum absolute atomic E-state index is 5.95. The first-order valence-corrected chi connectivity index (χ1v) is 7.00. The van der Waals surface area contributed by atoms with E-state index in [0.29, 0.717) is 10.0 Å². The topological polar surface area (TPSA) is 12.0 Å². The molecule has 0 amide bonds. The fourth-order valence-electron chi connectivity index (χ4n) is 1.68. The van der Waals surface area contributed by atoms with Gasteiger partial charge >= 0.3 is 0 Å².